The Hall–Kier alpha value is -3.04. The van der Waals surface area contributed by atoms with Gasteiger partial charge in [-0.05, 0) is 37.3 Å². The third kappa shape index (κ3) is 4.52. The molecular formula is C20H22N4O4S. The monoisotopic (exact) mass is 414 g/mol. The Labute approximate surface area is 169 Å². The molecule has 1 heterocycles. The molecule has 1 aromatic heterocycles. The van der Waals surface area contributed by atoms with Crippen LogP contribution in [-0.2, 0) is 21.4 Å². The molecule has 1 amide bonds. The van der Waals surface area contributed by atoms with Gasteiger partial charge in [0.1, 0.15) is 0 Å². The number of imidazole rings is 1. The van der Waals surface area contributed by atoms with Gasteiger partial charge < -0.3 is 9.88 Å². The lowest BCUT2D eigenvalue weighted by Gasteiger charge is -2.11. The number of carbonyl (C=O) groups excluding carboxylic acids is 2. The number of aryl methyl sites for hydroxylation is 1. The average molecular weight is 414 g/mol. The predicted molar refractivity (Wildman–Crippen MR) is 110 cm³/mol. The van der Waals surface area contributed by atoms with Crippen molar-refractivity contribution in [3.05, 3.63) is 54.4 Å². The van der Waals surface area contributed by atoms with Gasteiger partial charge in [0.05, 0.1) is 22.3 Å². The molecule has 0 fully saturated rings. The molecule has 2 aromatic carbocycles. The van der Waals surface area contributed by atoms with Crippen LogP contribution in [0, 0.1) is 0 Å². The molecule has 0 atom stereocenters. The average Bonchev–Trinajstić information content (AvgIpc) is 3.08. The number of anilines is 1. The molecule has 0 aliphatic heterocycles. The van der Waals surface area contributed by atoms with Crippen LogP contribution in [0.1, 0.15) is 23.7 Å². The van der Waals surface area contributed by atoms with E-state index in [0.29, 0.717) is 23.3 Å². The van der Waals surface area contributed by atoms with Gasteiger partial charge in [-0.2, -0.15) is 0 Å². The van der Waals surface area contributed by atoms with E-state index in [2.05, 4.69) is 10.3 Å². The van der Waals surface area contributed by atoms with Crippen LogP contribution in [0.25, 0.3) is 11.0 Å². The number of Topliss-reactive ketones (excluding diaryl/α,β-unsaturated/α-hetero) is 1. The number of ketones is 1. The molecule has 0 saturated heterocycles. The zero-order valence-electron chi connectivity index (χ0n) is 16.4. The van der Waals surface area contributed by atoms with Gasteiger partial charge in [0, 0.05) is 38.3 Å². The summed E-state index contributed by atoms with van der Waals surface area (Å²) >= 11 is 0. The second kappa shape index (κ2) is 8.14. The van der Waals surface area contributed by atoms with Crippen molar-refractivity contribution in [3.8, 4) is 0 Å². The number of nitrogens with zero attached hydrogens (tertiary/aromatic N) is 3. The Morgan fingerprint density at radius 1 is 1.14 bits per heavy atom. The number of carbonyl (C=O) groups is 2. The first-order chi connectivity index (χ1) is 13.7. The Morgan fingerprint density at radius 2 is 1.90 bits per heavy atom. The molecule has 0 spiro atoms. The van der Waals surface area contributed by atoms with Crippen LogP contribution in [0.15, 0.2) is 53.7 Å². The maximum absolute atomic E-state index is 12.3. The fourth-order valence-electron chi connectivity index (χ4n) is 2.85. The minimum absolute atomic E-state index is 0.0679. The van der Waals surface area contributed by atoms with E-state index in [0.717, 1.165) is 9.82 Å². The molecule has 8 nitrogen and oxygen atoms in total. The normalized spacial score (nSPS) is 11.7. The van der Waals surface area contributed by atoms with Gasteiger partial charge in [-0.1, -0.05) is 12.1 Å². The highest BCUT2D eigenvalue weighted by Gasteiger charge is 2.18. The van der Waals surface area contributed by atoms with Gasteiger partial charge in [-0.15, -0.1) is 0 Å². The molecule has 152 valence electrons. The summed E-state index contributed by atoms with van der Waals surface area (Å²) in [6, 6.07) is 11.5. The first-order valence-electron chi connectivity index (χ1n) is 8.97. The topological polar surface area (TPSA) is 101 Å². The first-order valence-corrected chi connectivity index (χ1v) is 10.4. The quantitative estimate of drug-likeness (QED) is 0.599. The second-order valence-corrected chi connectivity index (χ2v) is 8.96. The zero-order chi connectivity index (χ0) is 21.2. The van der Waals surface area contributed by atoms with E-state index in [1.54, 1.807) is 41.2 Å². The van der Waals surface area contributed by atoms with Crippen LogP contribution in [-0.4, -0.2) is 48.1 Å². The molecule has 0 unspecified atom stereocenters. The fourth-order valence-corrected chi connectivity index (χ4v) is 3.78. The number of sulfonamides is 1. The number of rotatable bonds is 7. The summed E-state index contributed by atoms with van der Waals surface area (Å²) in [6.07, 6.45) is 1.79. The standard InChI is InChI=1S/C20H22N4O4S/c1-14(25)15-5-4-6-16(11-15)22-20(26)9-10-24-13-21-18-12-17(7-8-19(18)24)29(27,28)23(2)3/h4-8,11-13H,9-10H2,1-3H3,(H,22,26). The molecule has 0 bridgehead atoms. The second-order valence-electron chi connectivity index (χ2n) is 6.81. The van der Waals surface area contributed by atoms with E-state index in [-0.39, 0.29) is 23.0 Å². The lowest BCUT2D eigenvalue weighted by Crippen LogP contribution is -2.22. The van der Waals surface area contributed by atoms with E-state index in [9.17, 15) is 18.0 Å². The van der Waals surface area contributed by atoms with Gasteiger partial charge in [0.15, 0.2) is 5.78 Å². The Kier molecular flexibility index (Phi) is 5.81. The number of hydrogen-bond acceptors (Lipinski definition) is 5. The first kappa shape index (κ1) is 20.7. The largest absolute Gasteiger partial charge is 0.330 e. The van der Waals surface area contributed by atoms with Crippen molar-refractivity contribution in [1.82, 2.24) is 13.9 Å². The van der Waals surface area contributed by atoms with Gasteiger partial charge in [-0.25, -0.2) is 17.7 Å². The number of hydrogen-bond donors (Lipinski definition) is 1. The third-order valence-corrected chi connectivity index (χ3v) is 6.31. The van der Waals surface area contributed by atoms with E-state index in [1.165, 1.54) is 33.2 Å². The highest BCUT2D eigenvalue weighted by Crippen LogP contribution is 2.20. The number of fused-ring (bicyclic) bond motifs is 1. The minimum atomic E-state index is -3.53. The Morgan fingerprint density at radius 3 is 2.59 bits per heavy atom. The zero-order valence-corrected chi connectivity index (χ0v) is 17.2. The maximum Gasteiger partial charge on any atom is 0.242 e. The van der Waals surface area contributed by atoms with Crippen LogP contribution in [0.2, 0.25) is 0 Å². The van der Waals surface area contributed by atoms with Crippen molar-refractivity contribution < 1.29 is 18.0 Å². The minimum Gasteiger partial charge on any atom is -0.330 e. The molecule has 0 aliphatic carbocycles. The van der Waals surface area contributed by atoms with E-state index in [1.807, 2.05) is 0 Å². The number of benzene rings is 2. The van der Waals surface area contributed by atoms with Crippen LogP contribution in [0.3, 0.4) is 0 Å². The Balaban J connectivity index is 1.70. The van der Waals surface area contributed by atoms with E-state index in [4.69, 9.17) is 0 Å². The van der Waals surface area contributed by atoms with Crippen molar-refractivity contribution >= 4 is 38.4 Å². The van der Waals surface area contributed by atoms with E-state index < -0.39 is 10.0 Å². The summed E-state index contributed by atoms with van der Waals surface area (Å²) in [4.78, 5) is 28.1. The summed E-state index contributed by atoms with van der Waals surface area (Å²) in [7, 11) is -0.583. The van der Waals surface area contributed by atoms with E-state index >= 15 is 0 Å². The molecule has 29 heavy (non-hydrogen) atoms. The van der Waals surface area contributed by atoms with Gasteiger partial charge >= 0.3 is 0 Å². The van der Waals surface area contributed by atoms with Crippen molar-refractivity contribution in [2.75, 3.05) is 19.4 Å². The lowest BCUT2D eigenvalue weighted by atomic mass is 10.1. The summed E-state index contributed by atoms with van der Waals surface area (Å²) in [5.41, 5.74) is 2.39. The van der Waals surface area contributed by atoms with Gasteiger partial charge in [0.25, 0.3) is 0 Å². The van der Waals surface area contributed by atoms with Crippen LogP contribution < -0.4 is 5.32 Å². The molecule has 0 aliphatic rings. The molecule has 9 heteroatoms. The van der Waals surface area contributed by atoms with Gasteiger partial charge in [0.2, 0.25) is 15.9 Å². The molecule has 1 N–H and O–H groups in total. The van der Waals surface area contributed by atoms with Crippen molar-refractivity contribution in [1.29, 1.82) is 0 Å². The van der Waals surface area contributed by atoms with Crippen molar-refractivity contribution in [3.63, 3.8) is 0 Å². The highest BCUT2D eigenvalue weighted by molar-refractivity contribution is 7.89. The molecule has 3 aromatic rings. The van der Waals surface area contributed by atoms with Crippen LogP contribution in [0.5, 0.6) is 0 Å². The van der Waals surface area contributed by atoms with Crippen molar-refractivity contribution in [2.45, 2.75) is 24.8 Å². The molecule has 0 saturated carbocycles. The summed E-state index contributed by atoms with van der Waals surface area (Å²) in [5, 5.41) is 2.78. The molecular weight excluding hydrogens is 392 g/mol. The molecule has 3 rings (SSSR count). The predicted octanol–water partition coefficient (Wildman–Crippen LogP) is 2.52. The maximum atomic E-state index is 12.3. The lowest BCUT2D eigenvalue weighted by molar-refractivity contribution is -0.116. The van der Waals surface area contributed by atoms with Crippen LogP contribution in [0.4, 0.5) is 5.69 Å². The molecule has 0 radical (unpaired) electrons. The number of amides is 1. The van der Waals surface area contributed by atoms with Crippen molar-refractivity contribution in [2.24, 2.45) is 0 Å². The highest BCUT2D eigenvalue weighted by atomic mass is 32.2. The summed E-state index contributed by atoms with van der Waals surface area (Å²) in [6.45, 7) is 1.86. The fraction of sp³-hybridized carbons (Fsp3) is 0.250. The Bertz CT molecular complexity index is 1180. The third-order valence-electron chi connectivity index (χ3n) is 4.50. The SMILES string of the molecule is CC(=O)c1cccc(NC(=O)CCn2cnc3cc(S(=O)(=O)N(C)C)ccc32)c1. The number of aromatic nitrogens is 2. The number of nitrogens with one attached hydrogen (secondary N) is 1. The summed E-state index contributed by atoms with van der Waals surface area (Å²) < 4.78 is 27.5. The van der Waals surface area contributed by atoms with Crippen LogP contribution >= 0.6 is 0 Å². The van der Waals surface area contributed by atoms with Gasteiger partial charge in [-0.3, -0.25) is 9.59 Å². The smallest absolute Gasteiger partial charge is 0.242 e. The summed E-state index contributed by atoms with van der Waals surface area (Å²) in [5.74, 6) is -0.263.